The highest BCUT2D eigenvalue weighted by atomic mass is 32.2. The molecule has 5 aromatic carbocycles. The number of ether oxygens (including phenoxy) is 3. The number of pyridine rings is 1. The molecule has 7 aromatic rings. The number of aliphatic hydroxyl groups is 2. The van der Waals surface area contributed by atoms with Gasteiger partial charge in [-0.15, -0.1) is 0 Å². The van der Waals surface area contributed by atoms with Gasteiger partial charge in [0.05, 0.1) is 53.8 Å². The number of aromatic nitrogens is 2. The fraction of sp³-hybridized carbons (Fsp3) is 0.462. The molecule has 0 bridgehead atoms. The number of thioether (sulfide) groups is 2. The Balaban J connectivity index is 0.000000166. The van der Waals surface area contributed by atoms with Crippen LogP contribution in [0.5, 0.6) is 11.5 Å². The molecule has 602 valence electrons. The van der Waals surface area contributed by atoms with Crippen molar-refractivity contribution in [2.45, 2.75) is 219 Å². The van der Waals surface area contributed by atoms with Crippen LogP contribution in [0.1, 0.15) is 195 Å². The lowest BCUT2D eigenvalue weighted by atomic mass is 9.46. The monoisotopic (exact) mass is 1580 g/mol. The van der Waals surface area contributed by atoms with Gasteiger partial charge >= 0.3 is 17.9 Å². The zero-order chi connectivity index (χ0) is 81.5. The van der Waals surface area contributed by atoms with E-state index in [1.54, 1.807) is 32.9 Å². The summed E-state index contributed by atoms with van der Waals surface area (Å²) in [7, 11) is 0. The number of para-hydroxylation sites is 1. The first-order chi connectivity index (χ1) is 53.8. The molecule has 4 heterocycles. The SMILES string of the molecule is CC(=O)S[C@@H]1CC2=CC(=O)CC[C@]2(C)[C@H]2CC[C@@]3(C)[C@@H](CC[C@@]34CCC(=O)O4)[C@H]12.CC(C)c1c(C(=O)Nc2ccccc2)c(-c2ccccc2)c(-c2ccc(F)cc2)n1CC[C@@H](O)C[C@@H](O)CC(=O)O.CCc1ccc(CCOc2ccc(CC3SC(=O)NC3=O)cc2)nc1.Cc1ccc(C)c(OCCCC(C)(C)C(=O)O)c1. The van der Waals surface area contributed by atoms with Crippen molar-refractivity contribution in [3.05, 3.63) is 202 Å². The number of anilines is 1. The van der Waals surface area contributed by atoms with E-state index in [0.717, 1.165) is 116 Å². The summed E-state index contributed by atoms with van der Waals surface area (Å²) in [5.41, 5.74) is 10.7. The van der Waals surface area contributed by atoms with Crippen LogP contribution in [-0.4, -0.2) is 117 Å². The summed E-state index contributed by atoms with van der Waals surface area (Å²) in [5.74, 6) is 0.448. The van der Waals surface area contributed by atoms with E-state index in [2.05, 4.69) is 48.5 Å². The number of rotatable bonds is 26. The number of carbonyl (C=O) groups is 8. The highest BCUT2D eigenvalue weighted by molar-refractivity contribution is 8.15. The van der Waals surface area contributed by atoms with E-state index < -0.39 is 36.0 Å². The second-order valence-corrected chi connectivity index (χ2v) is 34.9. The normalized spacial score (nSPS) is 22.6. The molecule has 6 N–H and O–H groups in total. The maximum atomic E-state index is 14.0. The number of nitrogens with zero attached hydrogens (tertiary/aromatic N) is 2. The zero-order valence-corrected chi connectivity index (χ0v) is 68.2. The molecule has 5 fully saturated rings. The van der Waals surface area contributed by atoms with E-state index in [-0.39, 0.29) is 92.0 Å². The fourth-order valence-corrected chi connectivity index (χ4v) is 19.6. The van der Waals surface area contributed by atoms with Crippen LogP contribution in [0.3, 0.4) is 0 Å². The van der Waals surface area contributed by atoms with Gasteiger partial charge in [0, 0.05) is 72.2 Å². The average molecular weight is 1580 g/mol. The van der Waals surface area contributed by atoms with Crippen molar-refractivity contribution in [2.24, 2.45) is 34.0 Å². The number of aryl methyl sites for hydroxylation is 3. The van der Waals surface area contributed by atoms with Crippen molar-refractivity contribution >= 4 is 75.1 Å². The minimum absolute atomic E-state index is 0.0119. The zero-order valence-electron chi connectivity index (χ0n) is 66.6. The summed E-state index contributed by atoms with van der Waals surface area (Å²) in [6, 6.07) is 42.7. The van der Waals surface area contributed by atoms with Crippen LogP contribution in [-0.2, 0) is 59.3 Å². The highest BCUT2D eigenvalue weighted by Crippen LogP contribution is 2.71. The van der Waals surface area contributed by atoms with E-state index >= 15 is 0 Å². The van der Waals surface area contributed by atoms with Crippen molar-refractivity contribution in [1.82, 2.24) is 14.9 Å². The number of hydrogen-bond donors (Lipinski definition) is 6. The molecule has 0 radical (unpaired) electrons. The third-order valence-electron chi connectivity index (χ3n) is 23.7. The van der Waals surface area contributed by atoms with Crippen molar-refractivity contribution in [3.8, 4) is 33.9 Å². The van der Waals surface area contributed by atoms with Gasteiger partial charge in [-0.2, -0.15) is 0 Å². The molecule has 10 atom stereocenters. The Morgan fingerprint density at radius 2 is 1.50 bits per heavy atom. The molecule has 3 saturated carbocycles. The number of esters is 1. The van der Waals surface area contributed by atoms with E-state index in [9.17, 15) is 53.0 Å². The molecule has 1 spiro atoms. The maximum Gasteiger partial charge on any atom is 0.309 e. The number of nitrogens with one attached hydrogen (secondary N) is 2. The van der Waals surface area contributed by atoms with Gasteiger partial charge in [0.15, 0.2) is 10.9 Å². The first kappa shape index (κ1) is 86.2. The van der Waals surface area contributed by atoms with Crippen LogP contribution in [0.4, 0.5) is 14.9 Å². The van der Waals surface area contributed by atoms with Gasteiger partial charge in [-0.05, 0) is 240 Å². The highest BCUT2D eigenvalue weighted by Gasteiger charge is 2.68. The van der Waals surface area contributed by atoms with Crippen LogP contribution >= 0.6 is 23.5 Å². The lowest BCUT2D eigenvalue weighted by molar-refractivity contribution is -0.167. The van der Waals surface area contributed by atoms with Gasteiger partial charge in [-0.1, -0.05) is 143 Å². The molecule has 2 saturated heterocycles. The van der Waals surface area contributed by atoms with E-state index in [1.165, 1.54) is 40.6 Å². The number of halogens is 1. The molecule has 6 aliphatic rings. The van der Waals surface area contributed by atoms with E-state index in [4.69, 9.17) is 24.4 Å². The van der Waals surface area contributed by atoms with Gasteiger partial charge in [-0.25, -0.2) is 4.39 Å². The molecule has 13 rings (SSSR count). The Morgan fingerprint density at radius 3 is 2.12 bits per heavy atom. The molecule has 2 aromatic heterocycles. The molecule has 1 unspecified atom stereocenters. The molecule has 2 aliphatic heterocycles. The number of imide groups is 1. The fourth-order valence-electron chi connectivity index (χ4n) is 17.5. The quantitative estimate of drug-likeness (QED) is 0.0217. The van der Waals surface area contributed by atoms with Gasteiger partial charge in [0.2, 0.25) is 5.91 Å². The number of hydrogen-bond acceptors (Lipinski definition) is 16. The van der Waals surface area contributed by atoms with Crippen LogP contribution in [0.15, 0.2) is 157 Å². The van der Waals surface area contributed by atoms with E-state index in [1.807, 2.05) is 148 Å². The molecule has 4 aliphatic carbocycles. The summed E-state index contributed by atoms with van der Waals surface area (Å²) >= 11 is 2.55. The Bertz CT molecular complexity index is 4550. The number of aliphatic hydroxyl groups excluding tert-OH is 2. The van der Waals surface area contributed by atoms with Gasteiger partial charge in [0.25, 0.3) is 11.1 Å². The summed E-state index contributed by atoms with van der Waals surface area (Å²) in [4.78, 5) is 99.6. The molecular weight excluding hydrogens is 1470 g/mol. The molecule has 22 heteroatoms. The van der Waals surface area contributed by atoms with Gasteiger partial charge < -0.3 is 44.5 Å². The summed E-state index contributed by atoms with van der Waals surface area (Å²) < 4.78 is 33.5. The number of ketones is 1. The second kappa shape index (κ2) is 38.3. The number of fused-ring (bicyclic) bond motifs is 6. The summed E-state index contributed by atoms with van der Waals surface area (Å²) in [6.07, 6.45) is 13.1. The van der Waals surface area contributed by atoms with Crippen molar-refractivity contribution in [3.63, 3.8) is 0 Å². The number of benzene rings is 5. The molecule has 19 nitrogen and oxygen atoms in total. The Hall–Kier alpha value is -9.22. The van der Waals surface area contributed by atoms with Crippen molar-refractivity contribution < 1.29 is 77.4 Å². The molecular formula is C91H109FN4O15S2. The summed E-state index contributed by atoms with van der Waals surface area (Å²) in [6.45, 7) is 21.4. The van der Waals surface area contributed by atoms with Gasteiger partial charge in [-0.3, -0.25) is 48.7 Å². The van der Waals surface area contributed by atoms with Gasteiger partial charge in [0.1, 0.15) is 22.9 Å². The number of carboxylic acid groups (broad SMARTS) is 2. The Labute approximate surface area is 671 Å². The average Bonchev–Trinajstić information content (AvgIpc) is 1.61. The third kappa shape index (κ3) is 21.4. The predicted molar refractivity (Wildman–Crippen MR) is 439 cm³/mol. The third-order valence-corrected chi connectivity index (χ3v) is 25.8. The van der Waals surface area contributed by atoms with Crippen LogP contribution < -0.4 is 20.1 Å². The number of amides is 3. The Morgan fingerprint density at radius 1 is 0.805 bits per heavy atom. The molecule has 3 amide bonds. The number of carboxylic acids is 2. The van der Waals surface area contributed by atoms with Crippen LogP contribution in [0.25, 0.3) is 22.4 Å². The predicted octanol–water partition coefficient (Wildman–Crippen LogP) is 17.9. The first-order valence-corrected chi connectivity index (χ1v) is 41.3. The number of carbonyl (C=O) groups excluding carboxylic acids is 6. The number of aliphatic carboxylic acids is 2. The van der Waals surface area contributed by atoms with Crippen molar-refractivity contribution in [1.29, 1.82) is 0 Å². The van der Waals surface area contributed by atoms with Crippen molar-refractivity contribution in [2.75, 3.05) is 18.5 Å². The first-order valence-electron chi connectivity index (χ1n) is 39.6. The largest absolute Gasteiger partial charge is 0.493 e. The maximum absolute atomic E-state index is 14.0. The minimum Gasteiger partial charge on any atom is -0.493 e. The van der Waals surface area contributed by atoms with Crippen LogP contribution in [0.2, 0.25) is 0 Å². The second-order valence-electron chi connectivity index (χ2n) is 32.3. The molecule has 113 heavy (non-hydrogen) atoms. The number of allylic oxidation sites excluding steroid dienone is 1. The standard InChI is InChI=1S/C33H35FN2O5.C24H32O4S.C19H20N2O3S.C15H22O3/c1-21(2)31-30(33(41)35-25-11-7-4-8-12-25)29(22-9-5-3-6-10-22)32(23-13-15-24(34)16-14-23)36(31)18-17-26(37)19-27(38)20-28(39)40;1-14(25)29-19-13-15-12-16(26)4-8-22(15,2)17-5-9-23(3)18(21(17)19)6-10-24(23)11-7-20(27)28-24;1-2-13-3-6-15(20-12-13)9-10-24-16-7-4-14(5-8-16)11-17-18(22)21-19(23)25-17;1-11-6-7-12(2)13(10-11)18-9-5-8-15(3,4)14(16)17/h3-16,21,26-27,37-38H,17-20H2,1-2H3,(H,35,41)(H,39,40);12,17-19,21H,4-11,13H2,1-3H3;3-8,12,17H,2,9-11H2,1H3,(H,21,22,23);6-7,10H,5,8-9H2,1-4H3,(H,16,17)/t26-,27-;17-,18-,19+,21+,22-,23-,24+;;/m10../s1. The van der Waals surface area contributed by atoms with Crippen LogP contribution in [0, 0.1) is 53.7 Å². The Kier molecular flexibility index (Phi) is 29.2. The smallest absolute Gasteiger partial charge is 0.309 e. The van der Waals surface area contributed by atoms with E-state index in [0.29, 0.717) is 84.7 Å². The topological polar surface area (TPSA) is 287 Å². The minimum atomic E-state index is -1.18. The lowest BCUT2D eigenvalue weighted by Gasteiger charge is -2.61. The lowest BCUT2D eigenvalue weighted by Crippen LogP contribution is -2.57. The summed E-state index contributed by atoms with van der Waals surface area (Å²) in [5, 5.41) is 43.9.